The van der Waals surface area contributed by atoms with Gasteiger partial charge in [-0.1, -0.05) is 70.2 Å². The molecule has 0 spiro atoms. The number of H-pyrrole nitrogens is 2. The molecule has 59 heavy (non-hydrogen) atoms. The van der Waals surface area contributed by atoms with E-state index >= 15 is 0 Å². The Bertz CT molecular complexity index is 2460. The second-order valence-corrected chi connectivity index (χ2v) is 17.3. The number of nitrogens with zero attached hydrogens (tertiary/aromatic N) is 4. The maximum atomic E-state index is 13.9. The monoisotopic (exact) mass is 798 g/mol. The highest BCUT2D eigenvalue weighted by Crippen LogP contribution is 2.54. The minimum Gasteiger partial charge on any atom is -0.465 e. The topological polar surface area (TPSA) is 186 Å². The molecule has 2 aromatic heterocycles. The van der Waals surface area contributed by atoms with Gasteiger partial charge in [0.15, 0.2) is 0 Å². The van der Waals surface area contributed by atoms with Crippen LogP contribution in [0.2, 0.25) is 0 Å². The van der Waals surface area contributed by atoms with Gasteiger partial charge >= 0.3 is 12.2 Å². The Labute approximate surface area is 342 Å². The van der Waals surface area contributed by atoms with E-state index in [4.69, 9.17) is 14.7 Å². The first kappa shape index (κ1) is 38.3. The van der Waals surface area contributed by atoms with Crippen molar-refractivity contribution in [1.82, 2.24) is 40.4 Å². The Hall–Kier alpha value is -6.18. The Balaban J connectivity index is 0.910. The summed E-state index contributed by atoms with van der Waals surface area (Å²) in [5.74, 6) is 1.73. The molecule has 9 rings (SSSR count). The number of methoxy groups -OCH3 is 1. The fourth-order valence-electron chi connectivity index (χ4n) is 9.46. The number of benzene rings is 3. The summed E-state index contributed by atoms with van der Waals surface area (Å²) in [5.41, 5.74) is 5.61. The van der Waals surface area contributed by atoms with Crippen LogP contribution >= 0.6 is 0 Å². The van der Waals surface area contributed by atoms with Crippen molar-refractivity contribution in [2.45, 2.75) is 89.6 Å². The molecule has 4 fully saturated rings. The number of hydrogen-bond acceptors (Lipinski definition) is 7. The number of nitrogens with one attached hydrogen (secondary N) is 4. The normalized spacial score (nSPS) is 23.8. The number of aromatic nitrogens is 4. The average Bonchev–Trinajstić information content (AvgIpc) is 3.81. The number of fused-ring (bicyclic) bond motifs is 3. The lowest BCUT2D eigenvalue weighted by atomic mass is 9.98. The first-order valence-corrected chi connectivity index (χ1v) is 20.6. The number of hydrogen-bond donors (Lipinski definition) is 5. The van der Waals surface area contributed by atoms with Crippen molar-refractivity contribution >= 4 is 34.8 Å². The molecule has 2 saturated carbocycles. The van der Waals surface area contributed by atoms with Crippen LogP contribution in [0, 0.1) is 23.7 Å². The summed E-state index contributed by atoms with van der Waals surface area (Å²) in [4.78, 5) is 71.6. The number of rotatable bonds is 11. The smallest absolute Gasteiger partial charge is 0.407 e. The minimum absolute atomic E-state index is 0.105. The molecule has 3 aromatic carbocycles. The number of alkyl carbamates (subject to hydrolysis) is 1. The van der Waals surface area contributed by atoms with Crippen LogP contribution < -0.4 is 10.6 Å². The van der Waals surface area contributed by atoms with Crippen molar-refractivity contribution < 1.29 is 29.0 Å². The number of carboxylic acid groups (broad SMARTS) is 1. The van der Waals surface area contributed by atoms with Crippen LogP contribution in [0.15, 0.2) is 73.1 Å². The van der Waals surface area contributed by atoms with Crippen LogP contribution in [0.3, 0.4) is 0 Å². The highest BCUT2D eigenvalue weighted by Gasteiger charge is 2.57. The predicted octanol–water partition coefficient (Wildman–Crippen LogP) is 7.28. The first-order chi connectivity index (χ1) is 28.4. The summed E-state index contributed by atoms with van der Waals surface area (Å²) >= 11 is 0. The van der Waals surface area contributed by atoms with Crippen molar-refractivity contribution in [2.75, 3.05) is 7.11 Å². The van der Waals surface area contributed by atoms with E-state index in [1.807, 2.05) is 62.0 Å². The molecule has 4 aliphatic rings. The summed E-state index contributed by atoms with van der Waals surface area (Å²) in [6.07, 6.45) is 5.52. The molecule has 306 valence electrons. The van der Waals surface area contributed by atoms with Gasteiger partial charge in [0.25, 0.3) is 0 Å². The van der Waals surface area contributed by atoms with Crippen LogP contribution in [0.4, 0.5) is 9.59 Å². The Morgan fingerprint density at radius 3 is 1.68 bits per heavy atom. The molecule has 2 aliphatic carbocycles. The zero-order chi connectivity index (χ0) is 41.3. The molecule has 2 aliphatic heterocycles. The lowest BCUT2D eigenvalue weighted by molar-refractivity contribution is -0.137. The Morgan fingerprint density at radius 1 is 0.678 bits per heavy atom. The van der Waals surface area contributed by atoms with Crippen LogP contribution in [-0.2, 0) is 14.3 Å². The third kappa shape index (κ3) is 7.18. The minimum atomic E-state index is -1.20. The lowest BCUT2D eigenvalue weighted by Crippen LogP contribution is -2.52. The fourth-order valence-corrected chi connectivity index (χ4v) is 9.46. The number of amides is 4. The molecule has 2 saturated heterocycles. The molecule has 0 unspecified atom stereocenters. The van der Waals surface area contributed by atoms with E-state index in [9.17, 15) is 24.3 Å². The van der Waals surface area contributed by atoms with E-state index in [1.54, 1.807) is 0 Å². The SMILES string of the molecule is COC(=O)N[C@H](C(=O)N1[C@@H]2C[C@H]2C[C@H]1c1nc(-c2cccc(-c3ccc4cc(-c5c[nH]c([C@H]6C[C@@H]7C[C@@H]7N6C(=O)[C@@H](NC(=O)O)C(C)C)n5)ccc4c3)c2)c[nH]1)C(C)C. The summed E-state index contributed by atoms with van der Waals surface area (Å²) in [6, 6.07) is 19.3. The molecule has 8 atom stereocenters. The highest BCUT2D eigenvalue weighted by atomic mass is 16.5. The van der Waals surface area contributed by atoms with Crippen LogP contribution in [0.1, 0.15) is 77.1 Å². The largest absolute Gasteiger partial charge is 0.465 e. The highest BCUT2D eigenvalue weighted by molar-refractivity contribution is 5.91. The van der Waals surface area contributed by atoms with Gasteiger partial charge in [-0.3, -0.25) is 9.59 Å². The standard InChI is InChI=1S/C45H50N8O6/c1-22(2)38(50-44(56)57)42(54)52-34-16-30(34)18-36(52)41-47-21-33(49-41)29-12-11-26-13-25(9-10-27(26)15-29)24-7-6-8-28(14-24)32-20-46-40(48-32)37-19-31-17-35(31)53(37)43(55)39(23(3)4)51-45(58)59-5/h6-15,20-23,30-31,34-39,50H,16-19H2,1-5H3,(H,46,48)(H,47,49)(H,51,58)(H,56,57)/t30-,31-,34-,35+,36+,37-,38-,39-/m0/s1. The van der Waals surface area contributed by atoms with Gasteiger partial charge in [-0.2, -0.15) is 0 Å². The summed E-state index contributed by atoms with van der Waals surface area (Å²) < 4.78 is 4.81. The molecule has 5 N–H and O–H groups in total. The van der Waals surface area contributed by atoms with Gasteiger partial charge in [-0.15, -0.1) is 0 Å². The molecule has 0 radical (unpaired) electrons. The average molecular weight is 799 g/mol. The summed E-state index contributed by atoms with van der Waals surface area (Å²) in [5, 5.41) is 16.7. The van der Waals surface area contributed by atoms with E-state index in [0.29, 0.717) is 11.8 Å². The van der Waals surface area contributed by atoms with Gasteiger partial charge < -0.3 is 40.2 Å². The van der Waals surface area contributed by atoms with E-state index in [-0.39, 0.29) is 47.8 Å². The number of aromatic amines is 2. The van der Waals surface area contributed by atoms with Gasteiger partial charge in [-0.05, 0) is 89.5 Å². The molecule has 5 aromatic rings. The maximum Gasteiger partial charge on any atom is 0.407 e. The van der Waals surface area contributed by atoms with Crippen molar-refractivity contribution in [3.8, 4) is 33.6 Å². The third-order valence-corrected chi connectivity index (χ3v) is 12.8. The summed E-state index contributed by atoms with van der Waals surface area (Å²) in [6.45, 7) is 7.55. The van der Waals surface area contributed by atoms with E-state index in [1.165, 1.54) is 7.11 Å². The van der Waals surface area contributed by atoms with Crippen LogP contribution in [-0.4, -0.2) is 90.1 Å². The zero-order valence-electron chi connectivity index (χ0n) is 33.8. The fraction of sp³-hybridized carbons (Fsp3) is 0.422. The molecule has 14 heteroatoms. The molecule has 14 nitrogen and oxygen atoms in total. The van der Waals surface area contributed by atoms with Crippen molar-refractivity contribution in [3.05, 3.63) is 84.7 Å². The number of carbonyl (C=O) groups excluding carboxylic acids is 3. The van der Waals surface area contributed by atoms with Crippen molar-refractivity contribution in [1.29, 1.82) is 0 Å². The number of piperidine rings is 2. The second-order valence-electron chi connectivity index (χ2n) is 17.3. The number of likely N-dealkylation sites (tertiary alicyclic amines) is 2. The number of imidazole rings is 2. The van der Waals surface area contributed by atoms with E-state index in [0.717, 1.165) is 81.7 Å². The second kappa shape index (κ2) is 14.9. The molecular formula is C45H50N8O6. The Kier molecular flexibility index (Phi) is 9.67. The van der Waals surface area contributed by atoms with Crippen molar-refractivity contribution in [2.24, 2.45) is 23.7 Å². The summed E-state index contributed by atoms with van der Waals surface area (Å²) in [7, 11) is 1.30. The van der Waals surface area contributed by atoms with Gasteiger partial charge in [0.1, 0.15) is 23.7 Å². The quantitative estimate of drug-likeness (QED) is 0.0923. The van der Waals surface area contributed by atoms with Gasteiger partial charge in [0.2, 0.25) is 11.8 Å². The van der Waals surface area contributed by atoms with E-state index < -0.39 is 24.3 Å². The van der Waals surface area contributed by atoms with Crippen LogP contribution in [0.5, 0.6) is 0 Å². The molecule has 4 heterocycles. The lowest BCUT2D eigenvalue weighted by Gasteiger charge is -2.31. The van der Waals surface area contributed by atoms with Gasteiger partial charge in [0, 0.05) is 35.6 Å². The first-order valence-electron chi connectivity index (χ1n) is 20.6. The van der Waals surface area contributed by atoms with Gasteiger partial charge in [-0.25, -0.2) is 19.6 Å². The number of carbonyl (C=O) groups is 4. The van der Waals surface area contributed by atoms with Gasteiger partial charge in [0.05, 0.1) is 30.6 Å². The van der Waals surface area contributed by atoms with E-state index in [2.05, 4.69) is 69.1 Å². The molecule has 0 bridgehead atoms. The maximum absolute atomic E-state index is 13.9. The third-order valence-electron chi connectivity index (χ3n) is 12.8. The Morgan fingerprint density at radius 2 is 1.15 bits per heavy atom. The van der Waals surface area contributed by atoms with Crippen LogP contribution in [0.25, 0.3) is 44.4 Å². The predicted molar refractivity (Wildman–Crippen MR) is 221 cm³/mol. The van der Waals surface area contributed by atoms with Crippen molar-refractivity contribution in [3.63, 3.8) is 0 Å². The molecule has 4 amide bonds. The number of ether oxygens (including phenoxy) is 1. The zero-order valence-corrected chi connectivity index (χ0v) is 33.8. The molecular weight excluding hydrogens is 749 g/mol.